The van der Waals surface area contributed by atoms with Crippen molar-refractivity contribution in [2.45, 2.75) is 32.1 Å². The summed E-state index contributed by atoms with van der Waals surface area (Å²) in [5.41, 5.74) is -0.748. The smallest absolute Gasteiger partial charge is 0.416 e. The van der Waals surface area contributed by atoms with E-state index in [4.69, 9.17) is 4.74 Å². The number of aliphatic hydroxyl groups is 2. The van der Waals surface area contributed by atoms with E-state index in [-0.39, 0.29) is 18.8 Å². The zero-order valence-electron chi connectivity index (χ0n) is 14.3. The molecule has 1 aromatic heterocycles. The minimum Gasteiger partial charge on any atom is -0.461 e. The molecule has 2 aromatic rings. The number of nitrogens with zero attached hydrogens (tertiary/aromatic N) is 2. The highest BCUT2D eigenvalue weighted by atomic mass is 19.4. The van der Waals surface area contributed by atoms with Crippen molar-refractivity contribution < 1.29 is 32.9 Å². The maximum atomic E-state index is 13.2. The Morgan fingerprint density at radius 2 is 1.78 bits per heavy atom. The molecule has 0 radical (unpaired) electrons. The molecule has 2 atom stereocenters. The first-order valence-electron chi connectivity index (χ1n) is 8.18. The van der Waals surface area contributed by atoms with Crippen LogP contribution in [0.4, 0.5) is 13.2 Å². The predicted molar refractivity (Wildman–Crippen MR) is 87.1 cm³/mol. The molecule has 1 aromatic carbocycles. The Labute approximate surface area is 152 Å². The molecule has 3 rings (SSSR count). The van der Waals surface area contributed by atoms with Crippen LogP contribution < -0.4 is 0 Å². The lowest BCUT2D eigenvalue weighted by Crippen LogP contribution is -2.27. The molecule has 1 aliphatic heterocycles. The highest BCUT2D eigenvalue weighted by Gasteiger charge is 2.37. The lowest BCUT2D eigenvalue weighted by molar-refractivity contribution is -0.137. The lowest BCUT2D eigenvalue weighted by atomic mass is 10.1. The van der Waals surface area contributed by atoms with Gasteiger partial charge in [-0.3, -0.25) is 0 Å². The zero-order valence-corrected chi connectivity index (χ0v) is 14.3. The van der Waals surface area contributed by atoms with Crippen LogP contribution in [0.1, 0.15) is 52.3 Å². The number of hydrogen-bond acceptors (Lipinski definition) is 6. The van der Waals surface area contributed by atoms with Crippen LogP contribution in [-0.2, 0) is 17.5 Å². The quantitative estimate of drug-likeness (QED) is 0.792. The highest BCUT2D eigenvalue weighted by molar-refractivity contribution is 5.87. The number of esters is 1. The van der Waals surface area contributed by atoms with Gasteiger partial charge in [-0.2, -0.15) is 13.2 Å². The number of pyridine rings is 1. The predicted octanol–water partition coefficient (Wildman–Crippen LogP) is 2.77. The van der Waals surface area contributed by atoms with Crippen LogP contribution >= 0.6 is 0 Å². The second-order valence-corrected chi connectivity index (χ2v) is 6.00. The van der Waals surface area contributed by atoms with Crippen molar-refractivity contribution in [2.75, 3.05) is 6.61 Å². The average molecular weight is 382 g/mol. The van der Waals surface area contributed by atoms with E-state index in [1.165, 1.54) is 11.8 Å². The Hall–Kier alpha value is -2.49. The fourth-order valence-electron chi connectivity index (χ4n) is 2.97. The molecular formula is C18H17F3N2O4. The zero-order chi connectivity index (χ0) is 19.8. The monoisotopic (exact) mass is 382 g/mol. The maximum absolute atomic E-state index is 13.2. The summed E-state index contributed by atoms with van der Waals surface area (Å²) in [6.45, 7) is 1.22. The maximum Gasteiger partial charge on any atom is 0.416 e. The average Bonchev–Trinajstić information content (AvgIpc) is 2.86. The van der Waals surface area contributed by atoms with Crippen LogP contribution in [0.2, 0.25) is 0 Å². The number of aliphatic hydroxyl groups excluding tert-OH is 2. The summed E-state index contributed by atoms with van der Waals surface area (Å²) in [6.07, 6.45) is -7.11. The Morgan fingerprint density at radius 1 is 1.19 bits per heavy atom. The molecule has 0 fully saturated rings. The summed E-state index contributed by atoms with van der Waals surface area (Å²) >= 11 is 0. The molecule has 0 bridgehead atoms. The van der Waals surface area contributed by atoms with E-state index in [1.54, 1.807) is 24.3 Å². The van der Waals surface area contributed by atoms with Crippen LogP contribution in [0, 0.1) is 0 Å². The first kappa shape index (κ1) is 19.3. The normalized spacial score (nSPS) is 19.8. The highest BCUT2D eigenvalue weighted by Crippen LogP contribution is 2.40. The van der Waals surface area contributed by atoms with Crippen molar-refractivity contribution in [3.05, 3.63) is 64.5 Å². The molecule has 0 amide bonds. The van der Waals surface area contributed by atoms with Crippen LogP contribution in [-0.4, -0.2) is 32.7 Å². The van der Waals surface area contributed by atoms with Crippen LogP contribution in [0.3, 0.4) is 0 Å². The van der Waals surface area contributed by atoms with Gasteiger partial charge in [-0.25, -0.2) is 14.7 Å². The number of alkyl halides is 3. The van der Waals surface area contributed by atoms with E-state index in [0.29, 0.717) is 17.2 Å². The van der Waals surface area contributed by atoms with Crippen molar-refractivity contribution in [3.8, 4) is 0 Å². The summed E-state index contributed by atoms with van der Waals surface area (Å²) in [5.74, 6) is -0.976. The van der Waals surface area contributed by atoms with Crippen molar-refractivity contribution in [2.24, 2.45) is 0 Å². The van der Waals surface area contributed by atoms with E-state index < -0.39 is 35.9 Å². The molecule has 0 saturated carbocycles. The molecule has 1 aliphatic rings. The number of rotatable bonds is 4. The molecule has 9 heteroatoms. The second kappa shape index (κ2) is 7.26. The number of carbonyl (C=O) groups is 1. The van der Waals surface area contributed by atoms with Gasteiger partial charge >= 0.3 is 12.1 Å². The van der Waals surface area contributed by atoms with Crippen molar-refractivity contribution >= 4 is 5.97 Å². The third-order valence-corrected chi connectivity index (χ3v) is 4.22. The molecule has 0 saturated heterocycles. The Balaban J connectivity index is 1.95. The van der Waals surface area contributed by atoms with Gasteiger partial charge in [0, 0.05) is 17.7 Å². The van der Waals surface area contributed by atoms with Crippen molar-refractivity contribution in [1.82, 2.24) is 9.88 Å². The third-order valence-electron chi connectivity index (χ3n) is 4.22. The van der Waals surface area contributed by atoms with Crippen molar-refractivity contribution in [3.63, 3.8) is 0 Å². The Bertz CT molecular complexity index is 828. The number of fused-ring (bicyclic) bond motifs is 1. The minimum atomic E-state index is -4.69. The topological polar surface area (TPSA) is 82.9 Å². The summed E-state index contributed by atoms with van der Waals surface area (Å²) in [4.78, 5) is 17.0. The van der Waals surface area contributed by atoms with Gasteiger partial charge in [0.2, 0.25) is 0 Å². The fourth-order valence-corrected chi connectivity index (χ4v) is 2.97. The molecule has 2 N–H and O–H groups in total. The first-order valence-corrected chi connectivity index (χ1v) is 8.18. The molecule has 27 heavy (non-hydrogen) atoms. The number of aromatic nitrogens is 1. The van der Waals surface area contributed by atoms with Gasteiger partial charge in [-0.1, -0.05) is 24.3 Å². The van der Waals surface area contributed by atoms with Gasteiger partial charge < -0.3 is 14.9 Å². The van der Waals surface area contributed by atoms with E-state index in [2.05, 4.69) is 4.98 Å². The van der Waals surface area contributed by atoms with Gasteiger partial charge in [0.25, 0.3) is 0 Å². The van der Waals surface area contributed by atoms with Gasteiger partial charge in [-0.05, 0) is 19.1 Å². The number of ether oxygens (including phenoxy) is 1. The number of hydrogen-bond donors (Lipinski definition) is 2. The van der Waals surface area contributed by atoms with Gasteiger partial charge in [0.1, 0.15) is 18.1 Å². The molecule has 0 aliphatic carbocycles. The molecular weight excluding hydrogens is 365 g/mol. The molecule has 2 heterocycles. The van der Waals surface area contributed by atoms with Crippen LogP contribution in [0.15, 0.2) is 36.4 Å². The molecule has 2 unspecified atom stereocenters. The molecule has 6 nitrogen and oxygen atoms in total. The van der Waals surface area contributed by atoms with Crippen molar-refractivity contribution in [1.29, 1.82) is 0 Å². The lowest BCUT2D eigenvalue weighted by Gasteiger charge is -2.24. The summed E-state index contributed by atoms with van der Waals surface area (Å²) in [6, 6.07) is 8.00. The van der Waals surface area contributed by atoms with Crippen LogP contribution in [0.5, 0.6) is 0 Å². The largest absolute Gasteiger partial charge is 0.461 e. The second-order valence-electron chi connectivity index (χ2n) is 6.00. The van der Waals surface area contributed by atoms with E-state index in [1.807, 2.05) is 0 Å². The number of benzene rings is 1. The fraction of sp³-hybridized carbons (Fsp3) is 0.333. The minimum absolute atomic E-state index is 0.00897. The van der Waals surface area contributed by atoms with E-state index in [9.17, 15) is 28.2 Å². The van der Waals surface area contributed by atoms with Gasteiger partial charge in [0.05, 0.1) is 17.9 Å². The Morgan fingerprint density at radius 3 is 2.30 bits per heavy atom. The first-order chi connectivity index (χ1) is 12.7. The summed E-state index contributed by atoms with van der Waals surface area (Å²) in [5, 5.41) is 20.8. The van der Waals surface area contributed by atoms with E-state index in [0.717, 1.165) is 6.07 Å². The van der Waals surface area contributed by atoms with Gasteiger partial charge in [-0.15, -0.1) is 0 Å². The number of halogens is 3. The molecule has 0 spiro atoms. The Kier molecular flexibility index (Phi) is 5.18. The molecule has 144 valence electrons. The van der Waals surface area contributed by atoms with E-state index >= 15 is 0 Å². The number of carbonyl (C=O) groups excluding carboxylic acids is 1. The third kappa shape index (κ3) is 3.80. The summed E-state index contributed by atoms with van der Waals surface area (Å²) in [7, 11) is 0. The van der Waals surface area contributed by atoms with Gasteiger partial charge in [0.15, 0.2) is 0 Å². The van der Waals surface area contributed by atoms with Crippen LogP contribution in [0.25, 0.3) is 0 Å². The standard InChI is InChI=1S/C18H17F3N2O4/c1-2-27-17(26)14-8-10(18(19,20)21)7-11(22-14)9-23-15(24)12-5-3-4-6-13(12)16(23)25/h3-8,15-16,24-25H,2,9H2,1H3. The summed E-state index contributed by atoms with van der Waals surface area (Å²) < 4.78 is 44.3. The SMILES string of the molecule is CCOC(=O)c1cc(C(F)(F)F)cc(CN2C(O)c3ccccc3C2O)n1.